The maximum Gasteiger partial charge on any atom is 0.257 e. The minimum atomic E-state index is -0.143. The molecule has 0 aliphatic heterocycles. The van der Waals surface area contributed by atoms with Crippen molar-refractivity contribution in [1.82, 2.24) is 4.98 Å². The fourth-order valence-corrected chi connectivity index (χ4v) is 3.91. The molecule has 4 nitrogen and oxygen atoms in total. The molecule has 0 saturated carbocycles. The van der Waals surface area contributed by atoms with Crippen LogP contribution >= 0.6 is 23.1 Å². The number of thiazole rings is 1. The van der Waals surface area contributed by atoms with Crippen LogP contribution in [0.3, 0.4) is 0 Å². The van der Waals surface area contributed by atoms with Gasteiger partial charge in [0.1, 0.15) is 5.75 Å². The van der Waals surface area contributed by atoms with Crippen molar-refractivity contribution in [3.63, 3.8) is 0 Å². The lowest BCUT2D eigenvalue weighted by Gasteiger charge is -2.03. The van der Waals surface area contributed by atoms with Crippen LogP contribution in [0.1, 0.15) is 20.8 Å². The highest BCUT2D eigenvalue weighted by molar-refractivity contribution is 7.97. The smallest absolute Gasteiger partial charge is 0.257 e. The van der Waals surface area contributed by atoms with Crippen molar-refractivity contribution in [2.75, 3.05) is 18.7 Å². The molecule has 1 amide bonds. The van der Waals surface area contributed by atoms with E-state index in [1.165, 1.54) is 16.9 Å². The van der Waals surface area contributed by atoms with Gasteiger partial charge in [-0.1, -0.05) is 12.1 Å². The first-order valence-corrected chi connectivity index (χ1v) is 10.3. The highest BCUT2D eigenvalue weighted by atomic mass is 32.2. The molecule has 0 aliphatic rings. The second-order valence-electron chi connectivity index (χ2n) is 5.74. The number of thioether (sulfide) groups is 1. The highest BCUT2D eigenvalue weighted by Crippen LogP contribution is 2.31. The van der Waals surface area contributed by atoms with E-state index in [9.17, 15) is 4.79 Å². The van der Waals surface area contributed by atoms with Gasteiger partial charge in [0.2, 0.25) is 0 Å². The van der Waals surface area contributed by atoms with Crippen LogP contribution in [-0.4, -0.2) is 24.3 Å². The number of methoxy groups -OCH3 is 1. The number of carbonyl (C=O) groups is 1. The lowest BCUT2D eigenvalue weighted by Crippen LogP contribution is -2.11. The summed E-state index contributed by atoms with van der Waals surface area (Å²) in [5, 5.41) is 3.51. The van der Waals surface area contributed by atoms with E-state index in [4.69, 9.17) is 4.74 Å². The number of nitrogens with zero attached hydrogens (tertiary/aromatic N) is 1. The lowest BCUT2D eigenvalue weighted by molar-refractivity contribution is 0.102. The van der Waals surface area contributed by atoms with Crippen LogP contribution in [0.2, 0.25) is 0 Å². The third-order valence-electron chi connectivity index (χ3n) is 3.91. The molecule has 6 heteroatoms. The van der Waals surface area contributed by atoms with Crippen LogP contribution < -0.4 is 10.1 Å². The zero-order valence-corrected chi connectivity index (χ0v) is 16.5. The van der Waals surface area contributed by atoms with Gasteiger partial charge in [-0.3, -0.25) is 10.1 Å². The average molecular weight is 385 g/mol. The number of benzene rings is 2. The van der Waals surface area contributed by atoms with E-state index in [2.05, 4.69) is 16.6 Å². The monoisotopic (exact) mass is 384 g/mol. The van der Waals surface area contributed by atoms with Gasteiger partial charge in [-0.2, -0.15) is 11.8 Å². The highest BCUT2D eigenvalue weighted by Gasteiger charge is 2.13. The minimum absolute atomic E-state index is 0.143. The quantitative estimate of drug-likeness (QED) is 0.631. The Bertz CT molecular complexity index is 887. The van der Waals surface area contributed by atoms with E-state index in [1.807, 2.05) is 55.5 Å². The maximum atomic E-state index is 12.5. The molecule has 3 aromatic rings. The Labute approximate surface area is 161 Å². The topological polar surface area (TPSA) is 51.2 Å². The molecule has 1 N–H and O–H groups in total. The Kier molecular flexibility index (Phi) is 5.96. The van der Waals surface area contributed by atoms with Crippen molar-refractivity contribution in [3.8, 4) is 17.0 Å². The number of ether oxygens (including phenoxy) is 1. The van der Waals surface area contributed by atoms with Gasteiger partial charge >= 0.3 is 0 Å². The maximum absolute atomic E-state index is 12.5. The average Bonchev–Trinajstić information content (AvgIpc) is 3.02. The molecule has 0 bridgehead atoms. The van der Waals surface area contributed by atoms with Gasteiger partial charge in [0.05, 0.1) is 12.8 Å². The molecule has 0 unspecified atom stereocenters. The van der Waals surface area contributed by atoms with E-state index >= 15 is 0 Å². The molecule has 1 heterocycles. The van der Waals surface area contributed by atoms with Crippen LogP contribution in [0.4, 0.5) is 5.13 Å². The number of nitrogens with one attached hydrogen (secondary N) is 1. The summed E-state index contributed by atoms with van der Waals surface area (Å²) in [5.74, 6) is 1.61. The lowest BCUT2D eigenvalue weighted by atomic mass is 10.1. The second-order valence-corrected chi connectivity index (χ2v) is 7.81. The standard InChI is InChI=1S/C20H20N2O2S2/c1-13-18(15-8-10-17(24-2)11-9-15)21-20(26-13)22-19(23)16-6-4-14(5-7-16)12-25-3/h4-11H,12H2,1-3H3,(H,21,22,23). The molecule has 2 aromatic carbocycles. The SMILES string of the molecule is COc1ccc(-c2nc(NC(=O)c3ccc(CSC)cc3)sc2C)cc1. The van der Waals surface area contributed by atoms with Gasteiger partial charge in [-0.05, 0) is 55.1 Å². The van der Waals surface area contributed by atoms with Crippen LogP contribution in [0.15, 0.2) is 48.5 Å². The van der Waals surface area contributed by atoms with Gasteiger partial charge < -0.3 is 4.74 Å². The Morgan fingerprint density at radius 3 is 2.46 bits per heavy atom. The number of hydrogen-bond acceptors (Lipinski definition) is 5. The summed E-state index contributed by atoms with van der Waals surface area (Å²) < 4.78 is 5.19. The van der Waals surface area contributed by atoms with E-state index < -0.39 is 0 Å². The number of amides is 1. The number of anilines is 1. The number of rotatable bonds is 6. The zero-order valence-electron chi connectivity index (χ0n) is 14.9. The minimum Gasteiger partial charge on any atom is -0.497 e. The summed E-state index contributed by atoms with van der Waals surface area (Å²) in [5.41, 5.74) is 3.72. The second kappa shape index (κ2) is 8.38. The molecule has 0 fully saturated rings. The van der Waals surface area contributed by atoms with Gasteiger partial charge in [0.15, 0.2) is 5.13 Å². The Hall–Kier alpha value is -2.31. The van der Waals surface area contributed by atoms with Crippen molar-refractivity contribution in [2.45, 2.75) is 12.7 Å². The van der Waals surface area contributed by atoms with Crippen LogP contribution in [0.25, 0.3) is 11.3 Å². The summed E-state index contributed by atoms with van der Waals surface area (Å²) in [6, 6.07) is 15.4. The number of carbonyl (C=O) groups excluding carboxylic acids is 1. The van der Waals surface area contributed by atoms with Crippen LogP contribution in [0.5, 0.6) is 5.75 Å². The van der Waals surface area contributed by atoms with E-state index in [0.29, 0.717) is 10.7 Å². The van der Waals surface area contributed by atoms with Gasteiger partial charge in [0.25, 0.3) is 5.91 Å². The van der Waals surface area contributed by atoms with E-state index in [0.717, 1.165) is 27.6 Å². The number of aromatic nitrogens is 1. The molecule has 0 atom stereocenters. The van der Waals surface area contributed by atoms with Crippen LogP contribution in [-0.2, 0) is 5.75 Å². The normalized spacial score (nSPS) is 10.6. The largest absolute Gasteiger partial charge is 0.497 e. The summed E-state index contributed by atoms with van der Waals surface area (Å²) in [7, 11) is 1.64. The van der Waals surface area contributed by atoms with Gasteiger partial charge in [-0.15, -0.1) is 11.3 Å². The first-order valence-electron chi connectivity index (χ1n) is 8.12. The van der Waals surface area contributed by atoms with E-state index in [-0.39, 0.29) is 5.91 Å². The molecular weight excluding hydrogens is 364 g/mol. The first kappa shape index (κ1) is 18.5. The summed E-state index contributed by atoms with van der Waals surface area (Å²) in [4.78, 5) is 18.1. The molecule has 1 aromatic heterocycles. The molecule has 0 spiro atoms. The zero-order chi connectivity index (χ0) is 18.5. The molecule has 134 valence electrons. The molecule has 0 radical (unpaired) electrons. The third kappa shape index (κ3) is 4.26. The van der Waals surface area contributed by atoms with Crippen LogP contribution in [0, 0.1) is 6.92 Å². The Morgan fingerprint density at radius 2 is 1.85 bits per heavy atom. The van der Waals surface area contributed by atoms with Crippen molar-refractivity contribution < 1.29 is 9.53 Å². The third-order valence-corrected chi connectivity index (χ3v) is 5.42. The fraction of sp³-hybridized carbons (Fsp3) is 0.200. The van der Waals surface area contributed by atoms with Crippen molar-refractivity contribution in [3.05, 3.63) is 64.5 Å². The van der Waals surface area contributed by atoms with Crippen molar-refractivity contribution >= 4 is 34.1 Å². The first-order chi connectivity index (χ1) is 12.6. The summed E-state index contributed by atoms with van der Waals surface area (Å²) in [6.07, 6.45) is 2.06. The molecule has 26 heavy (non-hydrogen) atoms. The molecular formula is C20H20N2O2S2. The number of hydrogen-bond donors (Lipinski definition) is 1. The van der Waals surface area contributed by atoms with Crippen molar-refractivity contribution in [2.24, 2.45) is 0 Å². The molecule has 0 saturated heterocycles. The fourth-order valence-electron chi connectivity index (χ4n) is 2.55. The molecule has 3 rings (SSSR count). The Balaban J connectivity index is 1.74. The van der Waals surface area contributed by atoms with Crippen molar-refractivity contribution in [1.29, 1.82) is 0 Å². The summed E-state index contributed by atoms with van der Waals surface area (Å²) >= 11 is 3.24. The van der Waals surface area contributed by atoms with E-state index in [1.54, 1.807) is 18.9 Å². The Morgan fingerprint density at radius 1 is 1.15 bits per heavy atom. The molecule has 0 aliphatic carbocycles. The predicted molar refractivity (Wildman–Crippen MR) is 110 cm³/mol. The number of aryl methyl sites for hydroxylation is 1. The predicted octanol–water partition coefficient (Wildman–Crippen LogP) is 5.24. The summed E-state index contributed by atoms with van der Waals surface area (Å²) in [6.45, 7) is 2.00. The van der Waals surface area contributed by atoms with Gasteiger partial charge in [0, 0.05) is 21.8 Å². The van der Waals surface area contributed by atoms with Gasteiger partial charge in [-0.25, -0.2) is 4.98 Å².